The number of nitrogens with zero attached hydrogens (tertiary/aromatic N) is 1. The van der Waals surface area contributed by atoms with Gasteiger partial charge in [0.1, 0.15) is 0 Å². The zero-order valence-electron chi connectivity index (χ0n) is 15.7. The highest BCUT2D eigenvalue weighted by Crippen LogP contribution is 2.54. The lowest BCUT2D eigenvalue weighted by Crippen LogP contribution is -3.00. The highest BCUT2D eigenvalue weighted by Gasteiger charge is 2.53. The average Bonchev–Trinajstić information content (AvgIpc) is 2.63. The highest BCUT2D eigenvalue weighted by molar-refractivity contribution is 5.76. The molecule has 0 unspecified atom stereocenters. The van der Waals surface area contributed by atoms with Crippen LogP contribution in [0.1, 0.15) is 38.5 Å². The van der Waals surface area contributed by atoms with Crippen LogP contribution in [-0.2, 0) is 4.79 Å². The molecule has 1 aromatic rings. The van der Waals surface area contributed by atoms with Gasteiger partial charge in [-0.05, 0) is 49.1 Å². The molecule has 4 bridgehead atoms. The third-order valence-corrected chi connectivity index (χ3v) is 6.66. The monoisotopic (exact) mass is 373 g/mol. The Hall–Kier alpha value is -2.15. The van der Waals surface area contributed by atoms with E-state index in [4.69, 9.17) is 0 Å². The van der Waals surface area contributed by atoms with E-state index in [9.17, 15) is 14.9 Å². The van der Waals surface area contributed by atoms with Gasteiger partial charge in [-0.1, -0.05) is 0 Å². The molecular formula is C20H29N4O3+. The molecule has 0 heterocycles. The van der Waals surface area contributed by atoms with Crippen molar-refractivity contribution in [3.63, 3.8) is 0 Å². The van der Waals surface area contributed by atoms with Crippen LogP contribution in [0.15, 0.2) is 24.3 Å². The molecular weight excluding hydrogens is 344 g/mol. The van der Waals surface area contributed by atoms with E-state index < -0.39 is 4.92 Å². The lowest BCUT2D eigenvalue weighted by molar-refractivity contribution is -0.730. The summed E-state index contributed by atoms with van der Waals surface area (Å²) in [5.41, 5.74) is 1.23. The first-order chi connectivity index (χ1) is 13.0. The van der Waals surface area contributed by atoms with Crippen molar-refractivity contribution in [3.8, 4) is 0 Å². The third-order valence-electron chi connectivity index (χ3n) is 6.66. The van der Waals surface area contributed by atoms with E-state index in [-0.39, 0.29) is 11.6 Å². The summed E-state index contributed by atoms with van der Waals surface area (Å²) in [6.07, 6.45) is 8.17. The van der Waals surface area contributed by atoms with Crippen molar-refractivity contribution in [2.24, 2.45) is 17.8 Å². The Labute approximate surface area is 159 Å². The van der Waals surface area contributed by atoms with Gasteiger partial charge in [0.25, 0.3) is 11.6 Å². The fraction of sp³-hybridized carbons (Fsp3) is 0.650. The number of carbonyl (C=O) groups is 1. The number of carbonyl (C=O) groups excluding carboxylic acids is 1. The first-order valence-electron chi connectivity index (χ1n) is 10.1. The standard InChI is InChI=1S/C20H28N4O3/c25-19(22-6-5-21-17-1-3-18(4-2-17)24(26)27)13-23-20-10-14-7-15(11-20)9-16(8-14)12-20/h1-4,14-16,21,23H,5-13H2,(H,22,25)/p+1. The number of hydrogen-bond donors (Lipinski definition) is 3. The number of hydrogen-bond acceptors (Lipinski definition) is 4. The first-order valence-corrected chi connectivity index (χ1v) is 10.1. The SMILES string of the molecule is O=C(C[NH2+]C12CC3CC(CC(C3)C1)C2)NCCNc1ccc([N+](=O)[O-])cc1. The van der Waals surface area contributed by atoms with Crippen LogP contribution in [-0.4, -0.2) is 36.0 Å². The van der Waals surface area contributed by atoms with E-state index in [1.165, 1.54) is 50.7 Å². The molecule has 4 saturated carbocycles. The summed E-state index contributed by atoms with van der Waals surface area (Å²) in [6.45, 7) is 1.66. The van der Waals surface area contributed by atoms with E-state index in [0.717, 1.165) is 23.4 Å². The number of nitrogens with two attached hydrogens (primary N) is 1. The van der Waals surface area contributed by atoms with Gasteiger partial charge in [-0.3, -0.25) is 14.9 Å². The molecule has 0 aromatic heterocycles. The molecule has 27 heavy (non-hydrogen) atoms. The van der Waals surface area contributed by atoms with Crippen molar-refractivity contribution in [3.05, 3.63) is 34.4 Å². The van der Waals surface area contributed by atoms with Gasteiger partial charge in [0, 0.05) is 50.2 Å². The minimum absolute atomic E-state index is 0.0778. The number of rotatable bonds is 8. The van der Waals surface area contributed by atoms with Crippen molar-refractivity contribution in [2.75, 3.05) is 25.0 Å². The van der Waals surface area contributed by atoms with Gasteiger partial charge in [0.15, 0.2) is 6.54 Å². The number of amides is 1. The van der Waals surface area contributed by atoms with Gasteiger partial charge in [-0.2, -0.15) is 0 Å². The number of anilines is 1. The first kappa shape index (κ1) is 18.2. The molecule has 7 heteroatoms. The molecule has 1 amide bonds. The fourth-order valence-corrected chi connectivity index (χ4v) is 5.92. The number of nitro benzene ring substituents is 1. The second-order valence-electron chi connectivity index (χ2n) is 8.77. The van der Waals surface area contributed by atoms with Gasteiger partial charge < -0.3 is 16.0 Å². The van der Waals surface area contributed by atoms with Crippen LogP contribution in [0.5, 0.6) is 0 Å². The highest BCUT2D eigenvalue weighted by atomic mass is 16.6. The molecule has 0 spiro atoms. The molecule has 4 aliphatic rings. The molecule has 4 N–H and O–H groups in total. The minimum atomic E-state index is -0.412. The zero-order chi connectivity index (χ0) is 18.9. The molecule has 5 rings (SSSR count). The number of quaternary nitrogens is 1. The lowest BCUT2D eigenvalue weighted by atomic mass is 9.53. The number of non-ortho nitro benzene ring substituents is 1. The molecule has 0 radical (unpaired) electrons. The molecule has 0 aliphatic heterocycles. The van der Waals surface area contributed by atoms with Crippen LogP contribution in [0, 0.1) is 27.9 Å². The summed E-state index contributed by atoms with van der Waals surface area (Å²) in [6, 6.07) is 6.31. The quantitative estimate of drug-likeness (QED) is 0.366. The van der Waals surface area contributed by atoms with Gasteiger partial charge >= 0.3 is 0 Å². The summed E-state index contributed by atoms with van der Waals surface area (Å²) in [5, 5.41) is 19.1. The predicted octanol–water partition coefficient (Wildman–Crippen LogP) is 1.66. The number of nitrogens with one attached hydrogen (secondary N) is 2. The summed E-state index contributed by atoms with van der Waals surface area (Å²) < 4.78 is 0. The molecule has 4 aliphatic carbocycles. The second kappa shape index (κ2) is 7.46. The zero-order valence-corrected chi connectivity index (χ0v) is 15.7. The van der Waals surface area contributed by atoms with E-state index in [0.29, 0.717) is 25.2 Å². The van der Waals surface area contributed by atoms with Crippen molar-refractivity contribution in [2.45, 2.75) is 44.1 Å². The number of benzene rings is 1. The van der Waals surface area contributed by atoms with E-state index >= 15 is 0 Å². The summed E-state index contributed by atoms with van der Waals surface area (Å²) in [7, 11) is 0. The van der Waals surface area contributed by atoms with Crippen LogP contribution in [0.2, 0.25) is 0 Å². The molecule has 0 saturated heterocycles. The van der Waals surface area contributed by atoms with E-state index in [1.807, 2.05) is 0 Å². The third kappa shape index (κ3) is 4.24. The maximum Gasteiger partial charge on any atom is 0.275 e. The number of nitro groups is 1. The molecule has 4 fully saturated rings. The van der Waals surface area contributed by atoms with E-state index in [1.54, 1.807) is 12.1 Å². The molecule has 0 atom stereocenters. The summed E-state index contributed by atoms with van der Waals surface area (Å²) >= 11 is 0. The van der Waals surface area contributed by atoms with Crippen LogP contribution in [0.4, 0.5) is 11.4 Å². The second-order valence-corrected chi connectivity index (χ2v) is 8.77. The van der Waals surface area contributed by atoms with Crippen LogP contribution in [0.3, 0.4) is 0 Å². The summed E-state index contributed by atoms with van der Waals surface area (Å²) in [5.74, 6) is 2.81. The average molecular weight is 373 g/mol. The van der Waals surface area contributed by atoms with Gasteiger partial charge in [-0.25, -0.2) is 0 Å². The van der Waals surface area contributed by atoms with Crippen LogP contribution >= 0.6 is 0 Å². The minimum Gasteiger partial charge on any atom is -0.383 e. The fourth-order valence-electron chi connectivity index (χ4n) is 5.92. The normalized spacial score (nSPS) is 30.9. The molecule has 1 aromatic carbocycles. The molecule has 7 nitrogen and oxygen atoms in total. The molecule has 146 valence electrons. The van der Waals surface area contributed by atoms with Crippen LogP contribution < -0.4 is 16.0 Å². The largest absolute Gasteiger partial charge is 0.383 e. The van der Waals surface area contributed by atoms with Gasteiger partial charge in [0.2, 0.25) is 0 Å². The van der Waals surface area contributed by atoms with Gasteiger partial charge in [0.05, 0.1) is 10.5 Å². The maximum absolute atomic E-state index is 12.2. The lowest BCUT2D eigenvalue weighted by Gasteiger charge is -2.54. The van der Waals surface area contributed by atoms with Gasteiger partial charge in [-0.15, -0.1) is 0 Å². The van der Waals surface area contributed by atoms with Crippen molar-refractivity contribution in [1.29, 1.82) is 0 Å². The Morgan fingerprint density at radius 1 is 1.07 bits per heavy atom. The predicted molar refractivity (Wildman–Crippen MR) is 102 cm³/mol. The smallest absolute Gasteiger partial charge is 0.275 e. The van der Waals surface area contributed by atoms with E-state index in [2.05, 4.69) is 16.0 Å². The van der Waals surface area contributed by atoms with Crippen LogP contribution in [0.25, 0.3) is 0 Å². The van der Waals surface area contributed by atoms with Crippen molar-refractivity contribution < 1.29 is 15.0 Å². The summed E-state index contributed by atoms with van der Waals surface area (Å²) in [4.78, 5) is 22.5. The Kier molecular flexibility index (Phi) is 5.04. The topological polar surface area (TPSA) is 101 Å². The Bertz CT molecular complexity index is 668. The Balaban J connectivity index is 1.16. The van der Waals surface area contributed by atoms with Crippen molar-refractivity contribution >= 4 is 17.3 Å². The Morgan fingerprint density at radius 3 is 2.22 bits per heavy atom. The van der Waals surface area contributed by atoms with Crippen molar-refractivity contribution in [1.82, 2.24) is 5.32 Å². The maximum atomic E-state index is 12.2. The Morgan fingerprint density at radius 2 is 1.67 bits per heavy atom.